The Kier molecular flexibility index (Phi) is 7.24. The number of hydrogen-bond donors (Lipinski definition) is 3. The van der Waals surface area contributed by atoms with E-state index in [1.54, 1.807) is 0 Å². The predicted octanol–water partition coefficient (Wildman–Crippen LogP) is 2.47. The zero-order valence-corrected chi connectivity index (χ0v) is 15.4. The van der Waals surface area contributed by atoms with E-state index < -0.39 is 16.9 Å². The van der Waals surface area contributed by atoms with E-state index in [4.69, 9.17) is 0 Å². The zero-order chi connectivity index (χ0) is 18.4. The largest absolute Gasteiger partial charge is 0.480 e. The van der Waals surface area contributed by atoms with Crippen molar-refractivity contribution >= 4 is 17.8 Å². The van der Waals surface area contributed by atoms with Crippen molar-refractivity contribution in [2.24, 2.45) is 11.3 Å². The van der Waals surface area contributed by atoms with Gasteiger partial charge in [0.25, 0.3) is 0 Å². The molecule has 24 heavy (non-hydrogen) atoms. The van der Waals surface area contributed by atoms with Crippen molar-refractivity contribution < 1.29 is 19.5 Å². The molecule has 3 N–H and O–H groups in total. The summed E-state index contributed by atoms with van der Waals surface area (Å²) in [6.07, 6.45) is 4.44. The van der Waals surface area contributed by atoms with Gasteiger partial charge in [0.05, 0.1) is 0 Å². The predicted molar refractivity (Wildman–Crippen MR) is 92.5 cm³/mol. The lowest BCUT2D eigenvalue weighted by molar-refractivity contribution is -0.149. The summed E-state index contributed by atoms with van der Waals surface area (Å²) >= 11 is 0. The van der Waals surface area contributed by atoms with E-state index in [1.807, 2.05) is 20.8 Å². The molecule has 0 aliphatic heterocycles. The van der Waals surface area contributed by atoms with Gasteiger partial charge in [0.1, 0.15) is 5.54 Å². The van der Waals surface area contributed by atoms with Crippen LogP contribution in [0, 0.1) is 11.3 Å². The maximum Gasteiger partial charge on any atom is 0.329 e. The molecule has 0 aromatic carbocycles. The lowest BCUT2D eigenvalue weighted by atomic mass is 9.75. The lowest BCUT2D eigenvalue weighted by Crippen LogP contribution is -2.56. The van der Waals surface area contributed by atoms with Crippen LogP contribution in [0.5, 0.6) is 0 Å². The summed E-state index contributed by atoms with van der Waals surface area (Å²) in [5, 5.41) is 15.1. The van der Waals surface area contributed by atoms with Crippen LogP contribution < -0.4 is 10.6 Å². The SMILES string of the molecule is CCC1CCC(NC(=O)CCCNC(=O)C(C)(C)C)(C(=O)O)CC1. The number of rotatable bonds is 7. The van der Waals surface area contributed by atoms with Gasteiger partial charge in [-0.05, 0) is 38.0 Å². The summed E-state index contributed by atoms with van der Waals surface area (Å²) in [5.41, 5.74) is -1.56. The van der Waals surface area contributed by atoms with Crippen molar-refractivity contribution in [1.29, 1.82) is 0 Å². The lowest BCUT2D eigenvalue weighted by Gasteiger charge is -2.37. The quantitative estimate of drug-likeness (QED) is 0.620. The Labute approximate surface area is 144 Å². The molecule has 0 spiro atoms. The van der Waals surface area contributed by atoms with Gasteiger partial charge >= 0.3 is 5.97 Å². The molecule has 1 aliphatic carbocycles. The Morgan fingerprint density at radius 2 is 1.75 bits per heavy atom. The van der Waals surface area contributed by atoms with E-state index in [0.29, 0.717) is 31.7 Å². The molecule has 6 heteroatoms. The Bertz CT molecular complexity index is 460. The summed E-state index contributed by atoms with van der Waals surface area (Å²) in [5.74, 6) is -0.686. The van der Waals surface area contributed by atoms with Crippen LogP contribution in [0.3, 0.4) is 0 Å². The van der Waals surface area contributed by atoms with Gasteiger partial charge in [-0.15, -0.1) is 0 Å². The summed E-state index contributed by atoms with van der Waals surface area (Å²) in [6.45, 7) is 8.03. The molecule has 1 aliphatic rings. The first kappa shape index (κ1) is 20.5. The van der Waals surface area contributed by atoms with Gasteiger partial charge in [0.2, 0.25) is 11.8 Å². The van der Waals surface area contributed by atoms with Gasteiger partial charge in [0.15, 0.2) is 0 Å². The molecular weight excluding hydrogens is 308 g/mol. The number of carbonyl (C=O) groups excluding carboxylic acids is 2. The molecule has 1 fully saturated rings. The van der Waals surface area contributed by atoms with Crippen LogP contribution in [-0.4, -0.2) is 35.0 Å². The van der Waals surface area contributed by atoms with Crippen molar-refractivity contribution in [2.45, 2.75) is 78.2 Å². The van der Waals surface area contributed by atoms with Crippen molar-refractivity contribution in [2.75, 3.05) is 6.54 Å². The summed E-state index contributed by atoms with van der Waals surface area (Å²) in [4.78, 5) is 35.5. The highest BCUT2D eigenvalue weighted by atomic mass is 16.4. The highest BCUT2D eigenvalue weighted by Gasteiger charge is 2.42. The average Bonchev–Trinajstić information content (AvgIpc) is 2.50. The third-order valence-corrected chi connectivity index (χ3v) is 4.87. The van der Waals surface area contributed by atoms with E-state index in [1.165, 1.54) is 0 Å². The fourth-order valence-corrected chi connectivity index (χ4v) is 3.02. The fourth-order valence-electron chi connectivity index (χ4n) is 3.02. The molecular formula is C18H32N2O4. The minimum absolute atomic E-state index is 0.0530. The molecule has 1 rings (SSSR count). The monoisotopic (exact) mass is 340 g/mol. The average molecular weight is 340 g/mol. The molecule has 0 saturated heterocycles. The third-order valence-electron chi connectivity index (χ3n) is 4.87. The summed E-state index contributed by atoms with van der Waals surface area (Å²) in [7, 11) is 0. The van der Waals surface area contributed by atoms with Crippen molar-refractivity contribution in [3.05, 3.63) is 0 Å². The van der Waals surface area contributed by atoms with E-state index in [0.717, 1.165) is 19.3 Å². The first-order valence-electron chi connectivity index (χ1n) is 8.93. The normalized spacial score (nSPS) is 24.2. The number of hydrogen-bond acceptors (Lipinski definition) is 3. The van der Waals surface area contributed by atoms with E-state index in [-0.39, 0.29) is 18.2 Å². The highest BCUT2D eigenvalue weighted by molar-refractivity contribution is 5.87. The highest BCUT2D eigenvalue weighted by Crippen LogP contribution is 2.34. The molecule has 0 radical (unpaired) electrons. The molecule has 138 valence electrons. The first-order chi connectivity index (χ1) is 11.1. The van der Waals surface area contributed by atoms with Gasteiger partial charge in [0, 0.05) is 18.4 Å². The Morgan fingerprint density at radius 1 is 1.17 bits per heavy atom. The van der Waals surface area contributed by atoms with Gasteiger partial charge < -0.3 is 15.7 Å². The summed E-state index contributed by atoms with van der Waals surface area (Å²) < 4.78 is 0. The minimum atomic E-state index is -1.11. The second-order valence-corrected chi connectivity index (χ2v) is 7.90. The molecule has 0 heterocycles. The maximum absolute atomic E-state index is 12.1. The van der Waals surface area contributed by atoms with E-state index in [2.05, 4.69) is 17.6 Å². The van der Waals surface area contributed by atoms with Gasteiger partial charge in [-0.25, -0.2) is 4.79 Å². The first-order valence-corrected chi connectivity index (χ1v) is 8.93. The van der Waals surface area contributed by atoms with Crippen LogP contribution in [0.4, 0.5) is 0 Å². The second-order valence-electron chi connectivity index (χ2n) is 7.90. The molecule has 1 saturated carbocycles. The number of carboxylic acids is 1. The number of nitrogens with one attached hydrogen (secondary N) is 2. The second kappa shape index (κ2) is 8.49. The van der Waals surface area contributed by atoms with Crippen molar-refractivity contribution in [3.63, 3.8) is 0 Å². The fraction of sp³-hybridized carbons (Fsp3) is 0.833. The molecule has 0 aromatic heterocycles. The molecule has 0 aromatic rings. The Hall–Kier alpha value is -1.59. The third kappa shape index (κ3) is 5.80. The van der Waals surface area contributed by atoms with E-state index >= 15 is 0 Å². The van der Waals surface area contributed by atoms with Crippen LogP contribution in [0.25, 0.3) is 0 Å². The van der Waals surface area contributed by atoms with Crippen LogP contribution in [0.1, 0.15) is 72.6 Å². The summed E-state index contributed by atoms with van der Waals surface area (Å²) in [6, 6.07) is 0. The Balaban J connectivity index is 2.42. The molecule has 2 amide bonds. The topological polar surface area (TPSA) is 95.5 Å². The molecule has 0 bridgehead atoms. The number of aliphatic carboxylic acids is 1. The zero-order valence-electron chi connectivity index (χ0n) is 15.4. The molecule has 6 nitrogen and oxygen atoms in total. The number of carboxylic acid groups (broad SMARTS) is 1. The number of carbonyl (C=O) groups is 3. The van der Waals surface area contributed by atoms with Gasteiger partial charge in [-0.1, -0.05) is 34.1 Å². The number of amides is 2. The van der Waals surface area contributed by atoms with Crippen LogP contribution in [0.15, 0.2) is 0 Å². The van der Waals surface area contributed by atoms with Crippen LogP contribution >= 0.6 is 0 Å². The van der Waals surface area contributed by atoms with Gasteiger partial charge in [-0.2, -0.15) is 0 Å². The van der Waals surface area contributed by atoms with Crippen molar-refractivity contribution in [3.8, 4) is 0 Å². The maximum atomic E-state index is 12.1. The smallest absolute Gasteiger partial charge is 0.329 e. The van der Waals surface area contributed by atoms with Gasteiger partial charge in [-0.3, -0.25) is 9.59 Å². The Morgan fingerprint density at radius 3 is 2.21 bits per heavy atom. The minimum Gasteiger partial charge on any atom is -0.480 e. The van der Waals surface area contributed by atoms with Crippen molar-refractivity contribution in [1.82, 2.24) is 10.6 Å². The van der Waals surface area contributed by atoms with E-state index in [9.17, 15) is 19.5 Å². The molecule has 0 unspecified atom stereocenters. The standard InChI is InChI=1S/C18H32N2O4/c1-5-13-8-10-18(11-9-13,16(23)24)20-14(21)7-6-12-19-15(22)17(2,3)4/h13H,5-12H2,1-4H3,(H,19,22)(H,20,21)(H,23,24). The molecule has 0 atom stereocenters. The van der Waals surface area contributed by atoms with Crippen LogP contribution in [-0.2, 0) is 14.4 Å². The van der Waals surface area contributed by atoms with Crippen LogP contribution in [0.2, 0.25) is 0 Å².